The highest BCUT2D eigenvalue weighted by Gasteiger charge is 2.44. The van der Waals surface area contributed by atoms with Crippen LogP contribution in [-0.4, -0.2) is 51.0 Å². The predicted molar refractivity (Wildman–Crippen MR) is 98.2 cm³/mol. The molecule has 4 unspecified atom stereocenters. The molecule has 1 aromatic heterocycles. The van der Waals surface area contributed by atoms with E-state index in [4.69, 9.17) is 0 Å². The fraction of sp³-hybridized carbons (Fsp3) is 0.550. The van der Waals surface area contributed by atoms with Crippen LogP contribution in [-0.2, 0) is 11.3 Å². The van der Waals surface area contributed by atoms with Crippen LogP contribution in [0.2, 0.25) is 0 Å². The molecular formula is C20H25N5O. The summed E-state index contributed by atoms with van der Waals surface area (Å²) in [7, 11) is 0. The van der Waals surface area contributed by atoms with Crippen molar-refractivity contribution in [3.63, 3.8) is 0 Å². The molecule has 1 N–H and O–H groups in total. The van der Waals surface area contributed by atoms with E-state index in [0.29, 0.717) is 18.0 Å². The fourth-order valence-electron chi connectivity index (χ4n) is 4.51. The van der Waals surface area contributed by atoms with Crippen molar-refractivity contribution < 1.29 is 4.79 Å². The second-order valence-corrected chi connectivity index (χ2v) is 8.01. The normalized spacial score (nSPS) is 30.3. The standard InChI is InChI=1S/C20H25N5O/c26-20(21-16-6-7-16)18-12-24-9-8-15(18)10-17(24)11-25-13-19(22-23-25)14-4-2-1-3-5-14/h1-5,13,15-18H,6-12H2,(H,21,26). The maximum Gasteiger partial charge on any atom is 0.224 e. The summed E-state index contributed by atoms with van der Waals surface area (Å²) in [5, 5.41) is 11.9. The molecule has 1 aliphatic carbocycles. The summed E-state index contributed by atoms with van der Waals surface area (Å²) in [4.78, 5) is 15.0. The summed E-state index contributed by atoms with van der Waals surface area (Å²) in [5.74, 6) is 0.977. The molecule has 6 rings (SSSR count). The molecule has 2 bridgehead atoms. The van der Waals surface area contributed by atoms with Crippen molar-refractivity contribution in [2.24, 2.45) is 11.8 Å². The van der Waals surface area contributed by atoms with Crippen molar-refractivity contribution in [2.75, 3.05) is 13.1 Å². The van der Waals surface area contributed by atoms with E-state index in [9.17, 15) is 4.79 Å². The molecule has 2 aromatic rings. The number of hydrogen-bond donors (Lipinski definition) is 1. The minimum atomic E-state index is 0.177. The zero-order valence-corrected chi connectivity index (χ0v) is 14.9. The first kappa shape index (κ1) is 16.0. The zero-order valence-electron chi connectivity index (χ0n) is 14.9. The van der Waals surface area contributed by atoms with Gasteiger partial charge in [0.2, 0.25) is 5.91 Å². The lowest BCUT2D eigenvalue weighted by Gasteiger charge is -2.49. The van der Waals surface area contributed by atoms with Gasteiger partial charge in [0.05, 0.1) is 18.7 Å². The number of fused-ring (bicyclic) bond motifs is 3. The molecule has 3 aliphatic heterocycles. The third-order valence-electron chi connectivity index (χ3n) is 6.15. The molecule has 0 radical (unpaired) electrons. The lowest BCUT2D eigenvalue weighted by atomic mass is 9.75. The van der Waals surface area contributed by atoms with Crippen LogP contribution in [0.5, 0.6) is 0 Å². The SMILES string of the molecule is O=C(NC1CC1)C1CN2CCC1CC2Cn1cc(-c2ccccc2)nn1. The van der Waals surface area contributed by atoms with Gasteiger partial charge in [0, 0.05) is 24.2 Å². The first-order valence-corrected chi connectivity index (χ1v) is 9.76. The minimum absolute atomic E-state index is 0.177. The number of hydrogen-bond acceptors (Lipinski definition) is 4. The van der Waals surface area contributed by atoms with Crippen LogP contribution in [0.15, 0.2) is 36.5 Å². The maximum absolute atomic E-state index is 12.5. The number of amides is 1. The zero-order chi connectivity index (χ0) is 17.5. The fourth-order valence-corrected chi connectivity index (χ4v) is 4.51. The van der Waals surface area contributed by atoms with Gasteiger partial charge in [0.25, 0.3) is 0 Å². The van der Waals surface area contributed by atoms with Gasteiger partial charge in [0.1, 0.15) is 5.69 Å². The Morgan fingerprint density at radius 1 is 1.19 bits per heavy atom. The highest BCUT2D eigenvalue weighted by molar-refractivity contribution is 5.80. The van der Waals surface area contributed by atoms with Gasteiger partial charge in [-0.15, -0.1) is 5.10 Å². The van der Waals surface area contributed by atoms with Crippen molar-refractivity contribution in [1.82, 2.24) is 25.2 Å². The van der Waals surface area contributed by atoms with Crippen molar-refractivity contribution >= 4 is 5.91 Å². The van der Waals surface area contributed by atoms with E-state index >= 15 is 0 Å². The number of nitrogens with one attached hydrogen (secondary N) is 1. The van der Waals surface area contributed by atoms with Gasteiger partial charge >= 0.3 is 0 Å². The summed E-state index contributed by atoms with van der Waals surface area (Å²) in [6.45, 7) is 2.85. The van der Waals surface area contributed by atoms with Gasteiger partial charge < -0.3 is 5.32 Å². The first-order chi connectivity index (χ1) is 12.8. The topological polar surface area (TPSA) is 63.1 Å². The molecule has 1 saturated carbocycles. The van der Waals surface area contributed by atoms with E-state index in [1.807, 2.05) is 29.1 Å². The van der Waals surface area contributed by atoms with Gasteiger partial charge in [-0.2, -0.15) is 0 Å². The molecule has 3 saturated heterocycles. The highest BCUT2D eigenvalue weighted by atomic mass is 16.2. The summed E-state index contributed by atoms with van der Waals surface area (Å²) in [5.41, 5.74) is 2.02. The Bertz CT molecular complexity index is 785. The average molecular weight is 351 g/mol. The van der Waals surface area contributed by atoms with Crippen LogP contribution < -0.4 is 5.32 Å². The van der Waals surface area contributed by atoms with E-state index in [1.165, 1.54) is 0 Å². The van der Waals surface area contributed by atoms with Crippen LogP contribution in [0, 0.1) is 11.8 Å². The second-order valence-electron chi connectivity index (χ2n) is 8.01. The molecule has 4 fully saturated rings. The molecule has 0 spiro atoms. The van der Waals surface area contributed by atoms with Crippen molar-refractivity contribution in [2.45, 2.75) is 44.3 Å². The Morgan fingerprint density at radius 2 is 2.04 bits per heavy atom. The van der Waals surface area contributed by atoms with Gasteiger partial charge in [-0.25, -0.2) is 0 Å². The van der Waals surface area contributed by atoms with Gasteiger partial charge in [-0.1, -0.05) is 35.5 Å². The van der Waals surface area contributed by atoms with Crippen molar-refractivity contribution in [3.8, 4) is 11.3 Å². The molecule has 4 aliphatic rings. The van der Waals surface area contributed by atoms with Gasteiger partial charge in [-0.3, -0.25) is 14.4 Å². The third kappa shape index (κ3) is 3.14. The average Bonchev–Trinajstić information content (AvgIpc) is 3.38. The molecule has 6 nitrogen and oxygen atoms in total. The molecule has 4 heterocycles. The number of carbonyl (C=O) groups excluding carboxylic acids is 1. The van der Waals surface area contributed by atoms with E-state index in [0.717, 1.165) is 56.6 Å². The smallest absolute Gasteiger partial charge is 0.224 e. The molecule has 26 heavy (non-hydrogen) atoms. The van der Waals surface area contributed by atoms with Gasteiger partial charge in [-0.05, 0) is 38.1 Å². The van der Waals surface area contributed by atoms with Crippen LogP contribution in [0.4, 0.5) is 0 Å². The maximum atomic E-state index is 12.5. The van der Waals surface area contributed by atoms with E-state index in [-0.39, 0.29) is 11.8 Å². The number of piperidine rings is 3. The third-order valence-corrected chi connectivity index (χ3v) is 6.15. The molecule has 6 heteroatoms. The largest absolute Gasteiger partial charge is 0.353 e. The van der Waals surface area contributed by atoms with Crippen molar-refractivity contribution in [3.05, 3.63) is 36.5 Å². The van der Waals surface area contributed by atoms with Crippen LogP contribution in [0.1, 0.15) is 25.7 Å². The monoisotopic (exact) mass is 351 g/mol. The Kier molecular flexibility index (Phi) is 4.00. The van der Waals surface area contributed by atoms with Crippen LogP contribution >= 0.6 is 0 Å². The summed E-state index contributed by atoms with van der Waals surface area (Å²) >= 11 is 0. The van der Waals surface area contributed by atoms with Crippen LogP contribution in [0.25, 0.3) is 11.3 Å². The quantitative estimate of drug-likeness (QED) is 0.894. The van der Waals surface area contributed by atoms with E-state index < -0.39 is 0 Å². The van der Waals surface area contributed by atoms with E-state index in [1.54, 1.807) is 0 Å². The summed E-state index contributed by atoms with van der Waals surface area (Å²) in [6, 6.07) is 11.1. The van der Waals surface area contributed by atoms with Crippen LogP contribution in [0.3, 0.4) is 0 Å². The predicted octanol–water partition coefficient (Wildman–Crippen LogP) is 1.93. The lowest BCUT2D eigenvalue weighted by molar-refractivity contribution is -0.133. The number of benzene rings is 1. The number of rotatable bonds is 5. The molecule has 4 atom stereocenters. The minimum Gasteiger partial charge on any atom is -0.353 e. The Labute approximate surface area is 153 Å². The Morgan fingerprint density at radius 3 is 2.77 bits per heavy atom. The van der Waals surface area contributed by atoms with Gasteiger partial charge in [0.15, 0.2) is 0 Å². The molecular weight excluding hydrogens is 326 g/mol. The van der Waals surface area contributed by atoms with E-state index in [2.05, 4.69) is 32.7 Å². The second kappa shape index (κ2) is 6.50. The highest BCUT2D eigenvalue weighted by Crippen LogP contribution is 2.37. The first-order valence-electron chi connectivity index (χ1n) is 9.76. The molecule has 1 amide bonds. The Balaban J connectivity index is 1.24. The van der Waals surface area contributed by atoms with Crippen molar-refractivity contribution in [1.29, 1.82) is 0 Å². The summed E-state index contributed by atoms with van der Waals surface area (Å²) in [6.07, 6.45) is 6.59. The Hall–Kier alpha value is -2.21. The summed E-state index contributed by atoms with van der Waals surface area (Å²) < 4.78 is 1.97. The molecule has 136 valence electrons. The number of aromatic nitrogens is 3. The number of nitrogens with zero attached hydrogens (tertiary/aromatic N) is 4. The number of carbonyl (C=O) groups is 1. The molecule has 1 aromatic carbocycles. The lowest BCUT2D eigenvalue weighted by Crippen LogP contribution is -2.58.